The SMILES string of the molecule is CC/C(=C\c1nc(Br)c(C2CC2)n1C)[N+](=O)[O-]. The van der Waals surface area contributed by atoms with Crippen molar-refractivity contribution in [2.24, 2.45) is 7.05 Å². The molecule has 0 N–H and O–H groups in total. The Kier molecular flexibility index (Phi) is 3.33. The molecule has 2 rings (SSSR count). The van der Waals surface area contributed by atoms with Gasteiger partial charge in [0.15, 0.2) is 0 Å². The van der Waals surface area contributed by atoms with E-state index in [-0.39, 0.29) is 10.6 Å². The Morgan fingerprint density at radius 2 is 2.35 bits per heavy atom. The summed E-state index contributed by atoms with van der Waals surface area (Å²) in [6.45, 7) is 1.77. The van der Waals surface area contributed by atoms with E-state index in [1.165, 1.54) is 12.8 Å². The van der Waals surface area contributed by atoms with Gasteiger partial charge in [-0.1, -0.05) is 6.92 Å². The fraction of sp³-hybridized carbons (Fsp3) is 0.545. The molecule has 0 radical (unpaired) electrons. The van der Waals surface area contributed by atoms with Crippen molar-refractivity contribution in [2.75, 3.05) is 0 Å². The molecular formula is C11H14BrN3O2. The lowest BCUT2D eigenvalue weighted by Crippen LogP contribution is -2.01. The van der Waals surface area contributed by atoms with E-state index in [9.17, 15) is 10.1 Å². The molecule has 0 aromatic carbocycles. The average Bonchev–Trinajstić information content (AvgIpc) is 3.04. The second-order valence-electron chi connectivity index (χ2n) is 4.23. The Hall–Kier alpha value is -1.17. The number of allylic oxidation sites excluding steroid dienone is 1. The van der Waals surface area contributed by atoms with Gasteiger partial charge >= 0.3 is 0 Å². The van der Waals surface area contributed by atoms with Crippen LogP contribution in [-0.2, 0) is 7.05 Å². The smallest absolute Gasteiger partial charge is 0.249 e. The summed E-state index contributed by atoms with van der Waals surface area (Å²) in [4.78, 5) is 14.8. The molecule has 0 amide bonds. The number of nitro groups is 1. The van der Waals surface area contributed by atoms with Gasteiger partial charge in [0, 0.05) is 19.4 Å². The van der Waals surface area contributed by atoms with Gasteiger partial charge in [0.25, 0.3) is 0 Å². The molecule has 1 aromatic heterocycles. The number of rotatable bonds is 4. The molecule has 0 atom stereocenters. The van der Waals surface area contributed by atoms with E-state index in [1.54, 1.807) is 13.0 Å². The molecule has 0 aliphatic heterocycles. The van der Waals surface area contributed by atoms with E-state index in [2.05, 4.69) is 20.9 Å². The average molecular weight is 300 g/mol. The number of halogens is 1. The van der Waals surface area contributed by atoms with Gasteiger partial charge in [-0.25, -0.2) is 4.98 Å². The highest BCUT2D eigenvalue weighted by molar-refractivity contribution is 9.10. The molecule has 1 aliphatic carbocycles. The van der Waals surface area contributed by atoms with Crippen LogP contribution in [-0.4, -0.2) is 14.5 Å². The van der Waals surface area contributed by atoms with Crippen LogP contribution in [0.3, 0.4) is 0 Å². The van der Waals surface area contributed by atoms with Crippen LogP contribution < -0.4 is 0 Å². The first-order valence-corrected chi connectivity index (χ1v) is 6.41. The fourth-order valence-electron chi connectivity index (χ4n) is 1.86. The van der Waals surface area contributed by atoms with Gasteiger partial charge < -0.3 is 4.57 Å². The molecule has 6 heteroatoms. The third-order valence-electron chi connectivity index (χ3n) is 2.99. The quantitative estimate of drug-likeness (QED) is 0.634. The Bertz CT molecular complexity index is 489. The second-order valence-corrected chi connectivity index (χ2v) is 4.98. The van der Waals surface area contributed by atoms with E-state index in [4.69, 9.17) is 0 Å². The second kappa shape index (κ2) is 4.60. The summed E-state index contributed by atoms with van der Waals surface area (Å²) in [5, 5.41) is 10.8. The highest BCUT2D eigenvalue weighted by Gasteiger charge is 2.30. The fourth-order valence-corrected chi connectivity index (χ4v) is 2.63. The standard InChI is InChI=1S/C11H14BrN3O2/c1-3-8(15(16)17)6-9-13-11(12)10(14(9)2)7-4-5-7/h6-7H,3-5H2,1-2H3/b8-6+. The number of hydrogen-bond donors (Lipinski definition) is 0. The molecule has 1 fully saturated rings. The normalized spacial score (nSPS) is 16.3. The minimum atomic E-state index is -0.348. The van der Waals surface area contributed by atoms with E-state index in [0.717, 1.165) is 10.3 Å². The summed E-state index contributed by atoms with van der Waals surface area (Å²) in [7, 11) is 1.91. The first kappa shape index (κ1) is 12.3. The molecule has 92 valence electrons. The van der Waals surface area contributed by atoms with Crippen molar-refractivity contribution in [1.29, 1.82) is 0 Å². The summed E-state index contributed by atoms with van der Waals surface area (Å²) >= 11 is 3.43. The van der Waals surface area contributed by atoms with E-state index < -0.39 is 0 Å². The first-order chi connectivity index (χ1) is 8.04. The zero-order valence-electron chi connectivity index (χ0n) is 9.81. The molecule has 0 unspecified atom stereocenters. The molecule has 5 nitrogen and oxygen atoms in total. The Morgan fingerprint density at radius 1 is 1.71 bits per heavy atom. The highest BCUT2D eigenvalue weighted by Crippen LogP contribution is 2.43. The molecular weight excluding hydrogens is 286 g/mol. The van der Waals surface area contributed by atoms with Crippen LogP contribution in [0.4, 0.5) is 0 Å². The van der Waals surface area contributed by atoms with E-state index in [1.807, 2.05) is 11.6 Å². The third-order valence-corrected chi connectivity index (χ3v) is 3.57. The molecule has 1 saturated carbocycles. The van der Waals surface area contributed by atoms with Crippen LogP contribution >= 0.6 is 15.9 Å². The Morgan fingerprint density at radius 3 is 2.82 bits per heavy atom. The zero-order chi connectivity index (χ0) is 12.6. The summed E-state index contributed by atoms with van der Waals surface area (Å²) in [6.07, 6.45) is 4.31. The van der Waals surface area contributed by atoms with Gasteiger partial charge in [-0.3, -0.25) is 10.1 Å². The number of aromatic nitrogens is 2. The molecule has 0 bridgehead atoms. The van der Waals surface area contributed by atoms with Crippen molar-refractivity contribution < 1.29 is 4.92 Å². The van der Waals surface area contributed by atoms with Crippen LogP contribution in [0.15, 0.2) is 10.3 Å². The molecule has 17 heavy (non-hydrogen) atoms. The van der Waals surface area contributed by atoms with Gasteiger partial charge in [0.1, 0.15) is 10.4 Å². The van der Waals surface area contributed by atoms with Crippen LogP contribution in [0.2, 0.25) is 0 Å². The minimum absolute atomic E-state index is 0.188. The maximum Gasteiger partial charge on any atom is 0.249 e. The van der Waals surface area contributed by atoms with Crippen LogP contribution in [0.1, 0.15) is 43.6 Å². The van der Waals surface area contributed by atoms with Crippen LogP contribution in [0.5, 0.6) is 0 Å². The highest BCUT2D eigenvalue weighted by atomic mass is 79.9. The summed E-state index contributed by atoms with van der Waals surface area (Å²) in [6, 6.07) is 0. The lowest BCUT2D eigenvalue weighted by Gasteiger charge is -2.01. The topological polar surface area (TPSA) is 61.0 Å². The number of nitrogens with zero attached hydrogens (tertiary/aromatic N) is 3. The van der Waals surface area contributed by atoms with Crippen LogP contribution in [0.25, 0.3) is 6.08 Å². The monoisotopic (exact) mass is 299 g/mol. The molecule has 0 spiro atoms. The van der Waals surface area contributed by atoms with E-state index in [0.29, 0.717) is 18.2 Å². The summed E-state index contributed by atoms with van der Waals surface area (Å²) in [5.74, 6) is 1.21. The lowest BCUT2D eigenvalue weighted by atomic mass is 10.3. The Labute approximate surface area is 108 Å². The van der Waals surface area contributed by atoms with Crippen molar-refractivity contribution in [1.82, 2.24) is 9.55 Å². The number of imidazole rings is 1. The van der Waals surface area contributed by atoms with Crippen molar-refractivity contribution >= 4 is 22.0 Å². The van der Waals surface area contributed by atoms with Crippen molar-refractivity contribution in [3.63, 3.8) is 0 Å². The summed E-state index contributed by atoms with van der Waals surface area (Å²) < 4.78 is 2.76. The van der Waals surface area contributed by atoms with Gasteiger partial charge in [0.05, 0.1) is 16.7 Å². The van der Waals surface area contributed by atoms with Crippen LogP contribution in [0, 0.1) is 10.1 Å². The molecule has 1 aromatic rings. The molecule has 1 aliphatic rings. The maximum absolute atomic E-state index is 10.8. The van der Waals surface area contributed by atoms with Gasteiger partial charge in [-0.2, -0.15) is 0 Å². The zero-order valence-corrected chi connectivity index (χ0v) is 11.4. The van der Waals surface area contributed by atoms with Crippen molar-refractivity contribution in [2.45, 2.75) is 32.1 Å². The molecule has 0 saturated heterocycles. The van der Waals surface area contributed by atoms with Crippen molar-refractivity contribution in [3.8, 4) is 0 Å². The predicted molar refractivity (Wildman–Crippen MR) is 68.1 cm³/mol. The van der Waals surface area contributed by atoms with Gasteiger partial charge in [0.2, 0.25) is 5.70 Å². The lowest BCUT2D eigenvalue weighted by molar-refractivity contribution is -0.425. The van der Waals surface area contributed by atoms with Crippen molar-refractivity contribution in [3.05, 3.63) is 31.9 Å². The first-order valence-electron chi connectivity index (χ1n) is 5.61. The predicted octanol–water partition coefficient (Wildman–Crippen LogP) is 3.09. The Balaban J connectivity index is 2.39. The number of hydrogen-bond acceptors (Lipinski definition) is 3. The largest absolute Gasteiger partial charge is 0.330 e. The molecule has 1 heterocycles. The van der Waals surface area contributed by atoms with Gasteiger partial charge in [-0.05, 0) is 28.8 Å². The van der Waals surface area contributed by atoms with Gasteiger partial charge in [-0.15, -0.1) is 0 Å². The third kappa shape index (κ3) is 2.41. The van der Waals surface area contributed by atoms with E-state index >= 15 is 0 Å². The summed E-state index contributed by atoms with van der Waals surface area (Å²) in [5.41, 5.74) is 1.34. The maximum atomic E-state index is 10.8. The minimum Gasteiger partial charge on any atom is -0.330 e.